The molecule has 1 aromatic carbocycles. The SMILES string of the molecule is O=C(Cn1cnc2sc3c(c2c1=O)CCCC3)NN=Cc1c(F)c(F)c(F)c(F)c1F. The average Bonchev–Trinajstić information content (AvgIpc) is 3.14. The molecule has 0 spiro atoms. The number of rotatable bonds is 4. The number of benzene rings is 1. The number of fused-ring (bicyclic) bond motifs is 3. The number of nitrogens with zero attached hydrogens (tertiary/aromatic N) is 3. The summed E-state index contributed by atoms with van der Waals surface area (Å²) in [6, 6.07) is 0. The number of aromatic nitrogens is 2. The molecule has 162 valence electrons. The molecule has 0 fully saturated rings. The number of nitrogens with one attached hydrogen (secondary N) is 1. The van der Waals surface area contributed by atoms with Crippen LogP contribution in [-0.2, 0) is 24.2 Å². The fourth-order valence-electron chi connectivity index (χ4n) is 3.39. The second-order valence-electron chi connectivity index (χ2n) is 6.85. The van der Waals surface area contributed by atoms with Gasteiger partial charge in [-0.15, -0.1) is 11.3 Å². The first kappa shape index (κ1) is 21.1. The third kappa shape index (κ3) is 3.71. The second kappa shape index (κ2) is 8.17. The molecule has 2 heterocycles. The van der Waals surface area contributed by atoms with E-state index in [4.69, 9.17) is 0 Å². The van der Waals surface area contributed by atoms with Crippen molar-refractivity contribution in [1.29, 1.82) is 0 Å². The lowest BCUT2D eigenvalue weighted by atomic mass is 9.97. The van der Waals surface area contributed by atoms with Crippen molar-refractivity contribution in [2.24, 2.45) is 5.10 Å². The van der Waals surface area contributed by atoms with Crippen LogP contribution in [0, 0.1) is 29.1 Å². The zero-order valence-corrected chi connectivity index (χ0v) is 16.5. The lowest BCUT2D eigenvalue weighted by Crippen LogP contribution is -2.30. The predicted octanol–water partition coefficient (Wildman–Crippen LogP) is 3.18. The molecule has 0 radical (unpaired) electrons. The van der Waals surface area contributed by atoms with Gasteiger partial charge in [0, 0.05) is 4.88 Å². The van der Waals surface area contributed by atoms with E-state index in [1.54, 1.807) is 0 Å². The molecule has 4 rings (SSSR count). The van der Waals surface area contributed by atoms with Gasteiger partial charge in [0.05, 0.1) is 23.5 Å². The molecule has 0 saturated heterocycles. The van der Waals surface area contributed by atoms with Gasteiger partial charge in [0.25, 0.3) is 11.5 Å². The van der Waals surface area contributed by atoms with Crippen LogP contribution in [0.2, 0.25) is 0 Å². The maximum atomic E-state index is 13.6. The first-order chi connectivity index (χ1) is 14.8. The molecule has 6 nitrogen and oxygen atoms in total. The van der Waals surface area contributed by atoms with Crippen molar-refractivity contribution in [3.8, 4) is 0 Å². The van der Waals surface area contributed by atoms with Crippen molar-refractivity contribution >= 4 is 33.7 Å². The van der Waals surface area contributed by atoms with Crippen molar-refractivity contribution in [2.45, 2.75) is 32.2 Å². The van der Waals surface area contributed by atoms with E-state index < -0.39 is 52.7 Å². The predicted molar refractivity (Wildman–Crippen MR) is 102 cm³/mol. The standard InChI is InChI=1S/C19H13F5N4O2S/c20-13-9(14(21)16(23)17(24)15(13)22)5-26-27-11(29)6-28-7-25-18-12(19(28)30)8-3-1-2-4-10(8)31-18/h5,7H,1-4,6H2,(H,27,29). The quantitative estimate of drug-likeness (QED) is 0.215. The van der Waals surface area contributed by atoms with E-state index in [9.17, 15) is 31.5 Å². The van der Waals surface area contributed by atoms with Gasteiger partial charge in [-0.3, -0.25) is 14.2 Å². The largest absolute Gasteiger partial charge is 0.289 e. The van der Waals surface area contributed by atoms with Crippen molar-refractivity contribution in [2.75, 3.05) is 0 Å². The maximum Gasteiger partial charge on any atom is 0.262 e. The Hall–Kier alpha value is -3.15. The number of aryl methyl sites for hydroxylation is 2. The van der Waals surface area contributed by atoms with E-state index in [2.05, 4.69) is 10.1 Å². The summed E-state index contributed by atoms with van der Waals surface area (Å²) in [6.45, 7) is -0.499. The molecule has 12 heteroatoms. The Bertz CT molecular complexity index is 1270. The number of carbonyl (C=O) groups is 1. The van der Waals surface area contributed by atoms with Gasteiger partial charge in [-0.25, -0.2) is 32.4 Å². The zero-order chi connectivity index (χ0) is 22.3. The summed E-state index contributed by atoms with van der Waals surface area (Å²) in [6.07, 6.45) is 5.14. The van der Waals surface area contributed by atoms with E-state index in [1.807, 2.05) is 5.43 Å². The summed E-state index contributed by atoms with van der Waals surface area (Å²) in [5.74, 6) is -11.6. The molecule has 1 N–H and O–H groups in total. The molecule has 31 heavy (non-hydrogen) atoms. The van der Waals surface area contributed by atoms with Crippen molar-refractivity contribution in [3.63, 3.8) is 0 Å². The molecule has 0 atom stereocenters. The van der Waals surface area contributed by atoms with E-state index >= 15 is 0 Å². The minimum absolute atomic E-state index is 0.299. The maximum absolute atomic E-state index is 13.6. The highest BCUT2D eigenvalue weighted by molar-refractivity contribution is 7.18. The average molecular weight is 456 g/mol. The van der Waals surface area contributed by atoms with Crippen LogP contribution in [0.4, 0.5) is 22.0 Å². The Kier molecular flexibility index (Phi) is 5.56. The molecule has 1 aliphatic carbocycles. The van der Waals surface area contributed by atoms with Gasteiger partial charge in [0.1, 0.15) is 11.4 Å². The van der Waals surface area contributed by atoms with Gasteiger partial charge in [-0.1, -0.05) is 0 Å². The summed E-state index contributed by atoms with van der Waals surface area (Å²) < 4.78 is 67.7. The minimum atomic E-state index is -2.30. The van der Waals surface area contributed by atoms with E-state index in [1.165, 1.54) is 17.7 Å². The lowest BCUT2D eigenvalue weighted by Gasteiger charge is -2.10. The fraction of sp³-hybridized carbons (Fsp3) is 0.263. The minimum Gasteiger partial charge on any atom is -0.289 e. The van der Waals surface area contributed by atoms with Crippen LogP contribution in [-0.4, -0.2) is 21.7 Å². The summed E-state index contributed by atoms with van der Waals surface area (Å²) in [7, 11) is 0. The number of hydrazone groups is 1. The molecule has 0 saturated carbocycles. The summed E-state index contributed by atoms with van der Waals surface area (Å²) >= 11 is 1.45. The van der Waals surface area contributed by atoms with Gasteiger partial charge < -0.3 is 0 Å². The molecule has 0 aliphatic heterocycles. The van der Waals surface area contributed by atoms with Crippen LogP contribution in [0.3, 0.4) is 0 Å². The smallest absolute Gasteiger partial charge is 0.262 e. The molecular weight excluding hydrogens is 443 g/mol. The van der Waals surface area contributed by atoms with E-state index in [0.717, 1.165) is 40.7 Å². The summed E-state index contributed by atoms with van der Waals surface area (Å²) in [5.41, 5.74) is 1.14. The molecule has 0 bridgehead atoms. The second-order valence-corrected chi connectivity index (χ2v) is 7.93. The topological polar surface area (TPSA) is 76.3 Å². The number of halogens is 5. The Morgan fingerprint density at radius 1 is 1.10 bits per heavy atom. The highest BCUT2D eigenvalue weighted by Gasteiger charge is 2.25. The summed E-state index contributed by atoms with van der Waals surface area (Å²) in [5, 5.41) is 3.70. The monoisotopic (exact) mass is 456 g/mol. The first-order valence-corrected chi connectivity index (χ1v) is 9.94. The number of carbonyl (C=O) groups excluding carboxylic acids is 1. The molecule has 2 aromatic heterocycles. The first-order valence-electron chi connectivity index (χ1n) is 9.12. The number of amides is 1. The Morgan fingerprint density at radius 2 is 1.74 bits per heavy atom. The highest BCUT2D eigenvalue weighted by Crippen LogP contribution is 2.33. The van der Waals surface area contributed by atoms with Crippen LogP contribution in [0.5, 0.6) is 0 Å². The van der Waals surface area contributed by atoms with Crippen molar-refractivity contribution in [1.82, 2.24) is 15.0 Å². The molecule has 3 aromatic rings. The van der Waals surface area contributed by atoms with Gasteiger partial charge in [0.15, 0.2) is 23.3 Å². The van der Waals surface area contributed by atoms with E-state index in [-0.39, 0.29) is 0 Å². The number of thiophene rings is 1. The Balaban J connectivity index is 1.53. The zero-order valence-electron chi connectivity index (χ0n) is 15.6. The number of hydrogen-bond acceptors (Lipinski definition) is 5. The van der Waals surface area contributed by atoms with Crippen LogP contribution >= 0.6 is 11.3 Å². The normalized spacial score (nSPS) is 13.7. The molecule has 1 aliphatic rings. The van der Waals surface area contributed by atoms with Crippen LogP contribution in [0.25, 0.3) is 10.2 Å². The van der Waals surface area contributed by atoms with Crippen molar-refractivity contribution < 1.29 is 26.7 Å². The molecule has 1 amide bonds. The number of hydrogen-bond donors (Lipinski definition) is 1. The summed E-state index contributed by atoms with van der Waals surface area (Å²) in [4.78, 5) is 30.8. The lowest BCUT2D eigenvalue weighted by molar-refractivity contribution is -0.121. The van der Waals surface area contributed by atoms with Gasteiger partial charge in [-0.2, -0.15) is 5.10 Å². The third-order valence-corrected chi connectivity index (χ3v) is 6.08. The van der Waals surface area contributed by atoms with Gasteiger partial charge in [-0.05, 0) is 31.2 Å². The van der Waals surface area contributed by atoms with Crippen LogP contribution in [0.15, 0.2) is 16.2 Å². The molecule has 0 unspecified atom stereocenters. The van der Waals surface area contributed by atoms with Gasteiger partial charge in [0.2, 0.25) is 5.82 Å². The van der Waals surface area contributed by atoms with Crippen LogP contribution in [0.1, 0.15) is 28.8 Å². The Morgan fingerprint density at radius 3 is 2.45 bits per heavy atom. The third-order valence-electron chi connectivity index (χ3n) is 4.88. The van der Waals surface area contributed by atoms with E-state index in [0.29, 0.717) is 16.4 Å². The van der Waals surface area contributed by atoms with Gasteiger partial charge >= 0.3 is 0 Å². The molecular formula is C19H13F5N4O2S. The van der Waals surface area contributed by atoms with Crippen molar-refractivity contribution in [3.05, 3.63) is 61.8 Å². The highest BCUT2D eigenvalue weighted by atomic mass is 32.1. The Labute approximate surface area is 175 Å². The fourth-order valence-corrected chi connectivity index (χ4v) is 4.61. The van der Waals surface area contributed by atoms with Crippen LogP contribution < -0.4 is 11.0 Å².